The first-order valence-electron chi connectivity index (χ1n) is 7.39. The van der Waals surface area contributed by atoms with Crippen LogP contribution in [-0.2, 0) is 6.54 Å². The number of methoxy groups -OCH3 is 1. The Labute approximate surface area is 125 Å². The second-order valence-corrected chi connectivity index (χ2v) is 5.53. The molecule has 3 rings (SSSR count). The molecule has 0 N–H and O–H groups in total. The number of ether oxygens (including phenoxy) is 1. The summed E-state index contributed by atoms with van der Waals surface area (Å²) < 4.78 is 18.2. The molecule has 1 saturated heterocycles. The van der Waals surface area contributed by atoms with E-state index >= 15 is 0 Å². The highest BCUT2D eigenvalue weighted by Crippen LogP contribution is 2.33. The minimum Gasteiger partial charge on any atom is -0.497 e. The molecular formula is C18H20FNO. The summed E-state index contributed by atoms with van der Waals surface area (Å²) in [6.07, 6.45) is 2.38. The Morgan fingerprint density at radius 2 is 1.81 bits per heavy atom. The van der Waals surface area contributed by atoms with Crippen LogP contribution < -0.4 is 4.74 Å². The first-order chi connectivity index (χ1) is 10.3. The molecule has 110 valence electrons. The first-order valence-corrected chi connectivity index (χ1v) is 7.39. The number of likely N-dealkylation sites (tertiary alicyclic amines) is 1. The van der Waals surface area contributed by atoms with Gasteiger partial charge in [-0.25, -0.2) is 4.39 Å². The molecule has 0 unspecified atom stereocenters. The largest absolute Gasteiger partial charge is 0.497 e. The van der Waals surface area contributed by atoms with Gasteiger partial charge in [0, 0.05) is 12.6 Å². The maximum absolute atomic E-state index is 13.0. The minimum atomic E-state index is -0.174. The van der Waals surface area contributed by atoms with Crippen molar-refractivity contribution in [2.24, 2.45) is 0 Å². The summed E-state index contributed by atoms with van der Waals surface area (Å²) >= 11 is 0. The average molecular weight is 285 g/mol. The van der Waals surface area contributed by atoms with E-state index in [-0.39, 0.29) is 5.82 Å². The van der Waals surface area contributed by atoms with Crippen LogP contribution in [0.1, 0.15) is 30.0 Å². The van der Waals surface area contributed by atoms with Gasteiger partial charge in [-0.1, -0.05) is 24.3 Å². The highest BCUT2D eigenvalue weighted by Gasteiger charge is 2.25. The fourth-order valence-electron chi connectivity index (χ4n) is 3.04. The smallest absolute Gasteiger partial charge is 0.123 e. The lowest BCUT2D eigenvalue weighted by Gasteiger charge is -2.25. The summed E-state index contributed by atoms with van der Waals surface area (Å²) in [5, 5.41) is 0. The standard InChI is InChI=1S/C18H20FNO/c1-21-17-10-6-15(7-11-17)18-3-2-12-20(18)13-14-4-8-16(19)9-5-14/h4-11,18H,2-3,12-13H2,1H3/t18-/m1/s1. The van der Waals surface area contributed by atoms with E-state index in [0.29, 0.717) is 6.04 Å². The fraction of sp³-hybridized carbons (Fsp3) is 0.333. The lowest BCUT2D eigenvalue weighted by Crippen LogP contribution is -2.22. The number of benzene rings is 2. The average Bonchev–Trinajstić information content (AvgIpc) is 2.98. The van der Waals surface area contributed by atoms with Gasteiger partial charge in [0.2, 0.25) is 0 Å². The molecule has 1 aliphatic heterocycles. The lowest BCUT2D eigenvalue weighted by atomic mass is 10.0. The van der Waals surface area contributed by atoms with Gasteiger partial charge < -0.3 is 4.74 Å². The number of nitrogens with zero attached hydrogens (tertiary/aromatic N) is 1. The highest BCUT2D eigenvalue weighted by atomic mass is 19.1. The molecule has 0 bridgehead atoms. The van der Waals surface area contributed by atoms with Crippen LogP contribution in [0.3, 0.4) is 0 Å². The van der Waals surface area contributed by atoms with Gasteiger partial charge in [0.05, 0.1) is 7.11 Å². The fourth-order valence-corrected chi connectivity index (χ4v) is 3.04. The quantitative estimate of drug-likeness (QED) is 0.836. The van der Waals surface area contributed by atoms with Gasteiger partial charge >= 0.3 is 0 Å². The molecule has 0 aromatic heterocycles. The van der Waals surface area contributed by atoms with E-state index < -0.39 is 0 Å². The van der Waals surface area contributed by atoms with Crippen molar-refractivity contribution in [1.82, 2.24) is 4.90 Å². The van der Waals surface area contributed by atoms with Crippen LogP contribution in [0, 0.1) is 5.82 Å². The molecule has 0 saturated carbocycles. The van der Waals surface area contributed by atoms with E-state index in [1.807, 2.05) is 24.3 Å². The molecule has 2 nitrogen and oxygen atoms in total. The van der Waals surface area contributed by atoms with E-state index in [1.165, 1.54) is 30.5 Å². The lowest BCUT2D eigenvalue weighted by molar-refractivity contribution is 0.248. The van der Waals surface area contributed by atoms with Crippen LogP contribution in [0.4, 0.5) is 4.39 Å². The molecule has 1 atom stereocenters. The molecule has 1 heterocycles. The molecule has 3 heteroatoms. The van der Waals surface area contributed by atoms with Crippen molar-refractivity contribution in [3.63, 3.8) is 0 Å². The van der Waals surface area contributed by atoms with E-state index in [4.69, 9.17) is 4.74 Å². The van der Waals surface area contributed by atoms with E-state index in [0.717, 1.165) is 24.4 Å². The summed E-state index contributed by atoms with van der Waals surface area (Å²) in [5.74, 6) is 0.716. The number of rotatable bonds is 4. The van der Waals surface area contributed by atoms with Gasteiger partial charge in [-0.3, -0.25) is 4.90 Å². The van der Waals surface area contributed by atoms with Crippen molar-refractivity contribution in [2.75, 3.05) is 13.7 Å². The Hall–Kier alpha value is -1.87. The molecule has 2 aromatic carbocycles. The Balaban J connectivity index is 1.73. The van der Waals surface area contributed by atoms with Gasteiger partial charge in [0.25, 0.3) is 0 Å². The van der Waals surface area contributed by atoms with E-state index in [9.17, 15) is 4.39 Å². The summed E-state index contributed by atoms with van der Waals surface area (Å²) in [7, 11) is 1.69. The second kappa shape index (κ2) is 6.27. The van der Waals surface area contributed by atoms with Crippen LogP contribution in [0.15, 0.2) is 48.5 Å². The summed E-state index contributed by atoms with van der Waals surface area (Å²) in [6, 6.07) is 15.6. The molecule has 1 aliphatic rings. The molecule has 21 heavy (non-hydrogen) atoms. The van der Waals surface area contributed by atoms with Gasteiger partial charge in [-0.05, 0) is 54.8 Å². The van der Waals surface area contributed by atoms with Gasteiger partial charge in [-0.2, -0.15) is 0 Å². The summed E-state index contributed by atoms with van der Waals surface area (Å²) in [5.41, 5.74) is 2.49. The Morgan fingerprint density at radius 3 is 2.48 bits per heavy atom. The van der Waals surface area contributed by atoms with Gasteiger partial charge in [0.15, 0.2) is 0 Å². The maximum Gasteiger partial charge on any atom is 0.123 e. The third-order valence-electron chi connectivity index (χ3n) is 4.16. The zero-order valence-corrected chi connectivity index (χ0v) is 12.3. The monoisotopic (exact) mass is 285 g/mol. The van der Waals surface area contributed by atoms with E-state index in [2.05, 4.69) is 17.0 Å². The molecule has 1 fully saturated rings. The van der Waals surface area contributed by atoms with Crippen molar-refractivity contribution in [3.05, 3.63) is 65.5 Å². The number of hydrogen-bond acceptors (Lipinski definition) is 2. The van der Waals surface area contributed by atoms with Gasteiger partial charge in [0.1, 0.15) is 11.6 Å². The van der Waals surface area contributed by atoms with Crippen LogP contribution in [0.5, 0.6) is 5.75 Å². The Kier molecular flexibility index (Phi) is 4.20. The zero-order valence-electron chi connectivity index (χ0n) is 12.3. The second-order valence-electron chi connectivity index (χ2n) is 5.53. The maximum atomic E-state index is 13.0. The van der Waals surface area contributed by atoms with E-state index in [1.54, 1.807) is 7.11 Å². The summed E-state index contributed by atoms with van der Waals surface area (Å²) in [4.78, 5) is 2.47. The van der Waals surface area contributed by atoms with Crippen molar-refractivity contribution in [3.8, 4) is 5.75 Å². The normalized spacial score (nSPS) is 18.9. The van der Waals surface area contributed by atoms with Crippen LogP contribution >= 0.6 is 0 Å². The summed E-state index contributed by atoms with van der Waals surface area (Å²) in [6.45, 7) is 1.96. The predicted molar refractivity (Wildman–Crippen MR) is 81.8 cm³/mol. The molecule has 0 spiro atoms. The molecule has 2 aromatic rings. The third kappa shape index (κ3) is 3.24. The third-order valence-corrected chi connectivity index (χ3v) is 4.16. The number of hydrogen-bond donors (Lipinski definition) is 0. The molecule has 0 aliphatic carbocycles. The van der Waals surface area contributed by atoms with Crippen molar-refractivity contribution >= 4 is 0 Å². The number of halogens is 1. The molecule has 0 radical (unpaired) electrons. The Morgan fingerprint density at radius 1 is 1.10 bits per heavy atom. The van der Waals surface area contributed by atoms with Crippen molar-refractivity contribution in [1.29, 1.82) is 0 Å². The van der Waals surface area contributed by atoms with Crippen LogP contribution in [0.2, 0.25) is 0 Å². The Bertz CT molecular complexity index is 579. The first kappa shape index (κ1) is 14.1. The predicted octanol–water partition coefficient (Wildman–Crippen LogP) is 4.17. The minimum absolute atomic E-state index is 0.174. The topological polar surface area (TPSA) is 12.5 Å². The van der Waals surface area contributed by atoms with Crippen molar-refractivity contribution < 1.29 is 9.13 Å². The van der Waals surface area contributed by atoms with Crippen LogP contribution in [0.25, 0.3) is 0 Å². The van der Waals surface area contributed by atoms with Crippen molar-refractivity contribution in [2.45, 2.75) is 25.4 Å². The van der Waals surface area contributed by atoms with Crippen LogP contribution in [-0.4, -0.2) is 18.6 Å². The molecule has 0 amide bonds. The SMILES string of the molecule is COc1ccc([C@H]2CCCN2Cc2ccc(F)cc2)cc1. The zero-order chi connectivity index (χ0) is 14.7. The molecular weight excluding hydrogens is 265 g/mol. The van der Waals surface area contributed by atoms with Gasteiger partial charge in [-0.15, -0.1) is 0 Å². The highest BCUT2D eigenvalue weighted by molar-refractivity contribution is 5.30.